The highest BCUT2D eigenvalue weighted by molar-refractivity contribution is 5.76. The van der Waals surface area contributed by atoms with Crippen LogP contribution in [0.4, 0.5) is 0 Å². The summed E-state index contributed by atoms with van der Waals surface area (Å²) >= 11 is 0. The van der Waals surface area contributed by atoms with E-state index in [9.17, 15) is 0 Å². The first-order valence-electron chi connectivity index (χ1n) is 9.93. The third kappa shape index (κ3) is 2.33. The molecule has 1 heteroatoms. The average molecular weight is 347 g/mol. The van der Waals surface area contributed by atoms with Crippen molar-refractivity contribution in [2.24, 2.45) is 11.8 Å². The van der Waals surface area contributed by atoms with E-state index in [0.717, 1.165) is 6.42 Å². The van der Waals surface area contributed by atoms with Crippen molar-refractivity contribution in [1.29, 1.82) is 0 Å². The van der Waals surface area contributed by atoms with Gasteiger partial charge in [0, 0.05) is 24.1 Å². The van der Waals surface area contributed by atoms with Crippen molar-refractivity contribution in [2.45, 2.75) is 25.3 Å². The lowest BCUT2D eigenvalue weighted by Crippen LogP contribution is -2.40. The maximum Gasteiger partial charge on any atom is 0.0686 e. The highest BCUT2D eigenvalue weighted by Crippen LogP contribution is 2.47. The molecule has 2 unspecified atom stereocenters. The molecule has 0 aromatic heterocycles. The number of nitrogens with zero attached hydrogens (tertiary/aromatic N) is 1. The Bertz CT molecular complexity index is 1060. The van der Waals surface area contributed by atoms with Gasteiger partial charge in [0.1, 0.15) is 0 Å². The van der Waals surface area contributed by atoms with E-state index in [1.807, 2.05) is 0 Å². The Kier molecular flexibility index (Phi) is 3.22. The third-order valence-electron chi connectivity index (χ3n) is 6.42. The van der Waals surface area contributed by atoms with Crippen molar-refractivity contribution in [3.63, 3.8) is 0 Å². The van der Waals surface area contributed by atoms with Crippen molar-refractivity contribution in [2.75, 3.05) is 0 Å². The first kappa shape index (κ1) is 15.1. The Labute approximate surface area is 160 Å². The smallest absolute Gasteiger partial charge is 0.0686 e. The summed E-state index contributed by atoms with van der Waals surface area (Å²) in [5.41, 5.74) is 8.74. The summed E-state index contributed by atoms with van der Waals surface area (Å²) in [6.07, 6.45) is 19.9. The summed E-state index contributed by atoms with van der Waals surface area (Å²) in [5.74, 6) is 4.26. The van der Waals surface area contributed by atoms with E-state index in [4.69, 9.17) is 0 Å². The van der Waals surface area contributed by atoms with Crippen LogP contribution in [0.5, 0.6) is 0 Å². The van der Waals surface area contributed by atoms with Gasteiger partial charge in [0.15, 0.2) is 0 Å². The van der Waals surface area contributed by atoms with Gasteiger partial charge in [0.05, 0.1) is 6.04 Å². The standard InChI is InChI=1S/C26H21N/c1-2-6-18(7-3-1)19-10-12-27-13-11-21-15-22-14-20-8-4-5-9-23(20)24(22)17-25(21)26(27)16-19/h1-4,6-8,10,12,15-17,21,25-26H,5,9,14H2/t21?,25?,26-/m0/s1. The number of hydrogen-bond donors (Lipinski definition) is 0. The molecule has 0 saturated carbocycles. The predicted molar refractivity (Wildman–Crippen MR) is 110 cm³/mol. The van der Waals surface area contributed by atoms with Crippen LogP contribution in [0.15, 0.2) is 95.3 Å². The van der Waals surface area contributed by atoms with Crippen molar-refractivity contribution < 1.29 is 0 Å². The summed E-state index contributed by atoms with van der Waals surface area (Å²) in [4.78, 5) is 2.20. The van der Waals surface area contributed by atoms with E-state index in [2.05, 4.69) is 89.9 Å². The summed E-state index contributed by atoms with van der Waals surface area (Å²) in [6, 6.07) is 14.4. The number of benzene rings is 1. The van der Waals surface area contributed by atoms with Crippen molar-refractivity contribution in [3.8, 4) is 12.0 Å². The van der Waals surface area contributed by atoms with Gasteiger partial charge < -0.3 is 4.90 Å². The number of fused-ring (bicyclic) bond motifs is 5. The summed E-state index contributed by atoms with van der Waals surface area (Å²) in [7, 11) is 0. The maximum atomic E-state index is 3.51. The predicted octanol–water partition coefficient (Wildman–Crippen LogP) is 5.39. The fourth-order valence-corrected chi connectivity index (χ4v) is 5.07. The molecule has 27 heavy (non-hydrogen) atoms. The molecule has 1 aromatic rings. The summed E-state index contributed by atoms with van der Waals surface area (Å²) in [6.45, 7) is 0. The molecule has 0 spiro atoms. The van der Waals surface area contributed by atoms with Crippen LogP contribution in [0.3, 0.4) is 0 Å². The molecule has 2 aliphatic heterocycles. The normalized spacial score (nSPS) is 29.6. The van der Waals surface area contributed by atoms with E-state index >= 15 is 0 Å². The van der Waals surface area contributed by atoms with Gasteiger partial charge in [0.25, 0.3) is 0 Å². The van der Waals surface area contributed by atoms with Crippen LogP contribution >= 0.6 is 0 Å². The molecule has 0 saturated heterocycles. The van der Waals surface area contributed by atoms with Crippen LogP contribution in [0.25, 0.3) is 5.57 Å². The van der Waals surface area contributed by atoms with Gasteiger partial charge in [0.2, 0.25) is 0 Å². The molecular formula is C26H21N. The van der Waals surface area contributed by atoms with Crippen LogP contribution in [0.1, 0.15) is 24.8 Å². The van der Waals surface area contributed by atoms with Crippen molar-refractivity contribution >= 4 is 5.57 Å². The lowest BCUT2D eigenvalue weighted by Gasteiger charge is -2.39. The topological polar surface area (TPSA) is 3.24 Å². The second kappa shape index (κ2) is 5.76. The molecule has 0 fully saturated rings. The van der Waals surface area contributed by atoms with Gasteiger partial charge in [-0.3, -0.25) is 0 Å². The minimum atomic E-state index is 0.311. The largest absolute Gasteiger partial charge is 0.301 e. The molecule has 3 aliphatic carbocycles. The van der Waals surface area contributed by atoms with Gasteiger partial charge in [-0.05, 0) is 58.8 Å². The lowest BCUT2D eigenvalue weighted by atomic mass is 9.75. The molecule has 5 aliphatic rings. The molecule has 3 atom stereocenters. The molecule has 6 rings (SSSR count). The second-order valence-corrected chi connectivity index (χ2v) is 7.95. The van der Waals surface area contributed by atoms with Gasteiger partial charge >= 0.3 is 0 Å². The molecule has 0 bridgehead atoms. The van der Waals surface area contributed by atoms with Crippen molar-refractivity contribution in [3.05, 3.63) is 101 Å². The second-order valence-electron chi connectivity index (χ2n) is 7.95. The molecule has 130 valence electrons. The first-order valence-corrected chi connectivity index (χ1v) is 9.93. The van der Waals surface area contributed by atoms with Crippen LogP contribution in [0, 0.1) is 23.8 Å². The first-order chi connectivity index (χ1) is 13.4. The zero-order valence-electron chi connectivity index (χ0n) is 15.2. The zero-order valence-corrected chi connectivity index (χ0v) is 15.2. The summed E-state index contributed by atoms with van der Waals surface area (Å²) < 4.78 is 0. The average Bonchev–Trinajstić information content (AvgIpc) is 3.10. The fourth-order valence-electron chi connectivity index (χ4n) is 5.07. The van der Waals surface area contributed by atoms with Gasteiger partial charge in [-0.1, -0.05) is 66.6 Å². The fraction of sp³-hybridized carbons (Fsp3) is 0.231. The monoisotopic (exact) mass is 347 g/mol. The molecule has 1 nitrogen and oxygen atoms in total. The molecular weight excluding hydrogens is 326 g/mol. The van der Waals surface area contributed by atoms with Gasteiger partial charge in [-0.25, -0.2) is 0 Å². The van der Waals surface area contributed by atoms with Crippen LogP contribution in [-0.2, 0) is 0 Å². The Hall–Kier alpha value is -2.98. The van der Waals surface area contributed by atoms with Crippen LogP contribution in [-0.4, -0.2) is 10.9 Å². The number of allylic oxidation sites excluding steroid dienone is 9. The lowest BCUT2D eigenvalue weighted by molar-refractivity contribution is 0.316. The highest BCUT2D eigenvalue weighted by atomic mass is 15.1. The van der Waals surface area contributed by atoms with Crippen molar-refractivity contribution in [1.82, 2.24) is 4.90 Å². The molecule has 0 amide bonds. The van der Waals surface area contributed by atoms with Crippen LogP contribution in [0.2, 0.25) is 0 Å². The Balaban J connectivity index is 1.42. The SMILES string of the molecule is C1#CN2C=CC(c3ccccc3)=C[C@H]2C2C=C3C(=CC12)CC1=C3CCC=C1. The van der Waals surface area contributed by atoms with E-state index in [1.165, 1.54) is 40.7 Å². The Morgan fingerprint density at radius 2 is 1.93 bits per heavy atom. The zero-order chi connectivity index (χ0) is 17.8. The number of hydrogen-bond acceptors (Lipinski definition) is 1. The molecule has 0 radical (unpaired) electrons. The molecule has 2 heterocycles. The quantitative estimate of drug-likeness (QED) is 0.616. The highest BCUT2D eigenvalue weighted by Gasteiger charge is 2.38. The Morgan fingerprint density at radius 3 is 2.85 bits per heavy atom. The third-order valence-corrected chi connectivity index (χ3v) is 6.42. The summed E-state index contributed by atoms with van der Waals surface area (Å²) in [5, 5.41) is 0. The molecule has 1 aromatic carbocycles. The van der Waals surface area contributed by atoms with Gasteiger partial charge in [-0.15, -0.1) is 0 Å². The van der Waals surface area contributed by atoms with Gasteiger partial charge in [-0.2, -0.15) is 0 Å². The Morgan fingerprint density at radius 1 is 1.00 bits per heavy atom. The van der Waals surface area contributed by atoms with E-state index in [-0.39, 0.29) is 0 Å². The maximum absolute atomic E-state index is 3.51. The number of rotatable bonds is 1. The van der Waals surface area contributed by atoms with E-state index in [0.29, 0.717) is 17.9 Å². The minimum Gasteiger partial charge on any atom is -0.301 e. The van der Waals surface area contributed by atoms with Crippen LogP contribution < -0.4 is 0 Å². The van der Waals surface area contributed by atoms with E-state index in [1.54, 1.807) is 5.57 Å². The molecule has 0 N–H and O–H groups in total. The minimum absolute atomic E-state index is 0.311. The van der Waals surface area contributed by atoms with E-state index < -0.39 is 0 Å².